The van der Waals surface area contributed by atoms with Crippen LogP contribution < -0.4 is 0 Å². The first-order chi connectivity index (χ1) is 8.06. The molecule has 0 aromatic heterocycles. The molecule has 17 heavy (non-hydrogen) atoms. The first-order valence-electron chi connectivity index (χ1n) is 5.65. The monoisotopic (exact) mass is 255 g/mol. The van der Waals surface area contributed by atoms with Gasteiger partial charge >= 0.3 is 0 Å². The van der Waals surface area contributed by atoms with Crippen LogP contribution in [0.1, 0.15) is 23.7 Å². The van der Waals surface area contributed by atoms with Gasteiger partial charge in [-0.05, 0) is 26.1 Å². The topological polar surface area (TPSA) is 40.5 Å². The number of carbonyl (C=O) groups excluding carboxylic acids is 1. The Kier molecular flexibility index (Phi) is 5.62. The summed E-state index contributed by atoms with van der Waals surface area (Å²) in [6.07, 6.45) is 0.407. The molecule has 0 radical (unpaired) electrons. The van der Waals surface area contributed by atoms with Gasteiger partial charge in [0.25, 0.3) is 0 Å². The number of ketones is 1. The molecule has 4 heteroatoms. The first kappa shape index (κ1) is 14.2. The molecule has 1 aromatic rings. The molecular weight excluding hydrogens is 238 g/mol. The SMILES string of the molecule is CC(CO)N(C)CCC(=O)c1ccccc1Cl. The molecule has 94 valence electrons. The number of nitrogens with zero attached hydrogens (tertiary/aromatic N) is 1. The Balaban J connectivity index is 2.54. The maximum Gasteiger partial charge on any atom is 0.165 e. The number of rotatable bonds is 6. The molecule has 1 N–H and O–H groups in total. The summed E-state index contributed by atoms with van der Waals surface area (Å²) < 4.78 is 0. The predicted octanol–water partition coefficient (Wildman–Crippen LogP) is 2.23. The largest absolute Gasteiger partial charge is 0.395 e. The van der Waals surface area contributed by atoms with Crippen molar-refractivity contribution >= 4 is 17.4 Å². The third kappa shape index (κ3) is 4.11. The molecule has 0 heterocycles. The zero-order valence-electron chi connectivity index (χ0n) is 10.2. The van der Waals surface area contributed by atoms with Crippen LogP contribution in [0.15, 0.2) is 24.3 Å². The molecule has 0 saturated heterocycles. The Morgan fingerprint density at radius 3 is 2.71 bits per heavy atom. The van der Waals surface area contributed by atoms with Crippen molar-refractivity contribution in [3.63, 3.8) is 0 Å². The second-order valence-corrected chi connectivity index (χ2v) is 4.57. The smallest absolute Gasteiger partial charge is 0.165 e. The van der Waals surface area contributed by atoms with Crippen LogP contribution in [-0.4, -0.2) is 42.0 Å². The Morgan fingerprint density at radius 1 is 1.47 bits per heavy atom. The Bertz CT molecular complexity index is 381. The van der Waals surface area contributed by atoms with E-state index in [2.05, 4.69) is 0 Å². The van der Waals surface area contributed by atoms with Gasteiger partial charge in [0.2, 0.25) is 0 Å². The summed E-state index contributed by atoms with van der Waals surface area (Å²) in [5, 5.41) is 9.48. The second-order valence-electron chi connectivity index (χ2n) is 4.17. The van der Waals surface area contributed by atoms with Gasteiger partial charge in [-0.3, -0.25) is 4.79 Å². The molecule has 0 aliphatic heterocycles. The summed E-state index contributed by atoms with van der Waals surface area (Å²) in [6.45, 7) is 2.63. The van der Waals surface area contributed by atoms with Gasteiger partial charge in [0.1, 0.15) is 0 Å². The lowest BCUT2D eigenvalue weighted by Crippen LogP contribution is -2.33. The standard InChI is InChI=1S/C13H18ClNO2/c1-10(9-16)15(2)8-7-13(17)11-5-3-4-6-12(11)14/h3-6,10,16H,7-9H2,1-2H3. The van der Waals surface area contributed by atoms with Crippen LogP contribution in [0.25, 0.3) is 0 Å². The Hall–Kier alpha value is -0.900. The number of hydrogen-bond acceptors (Lipinski definition) is 3. The molecule has 0 saturated carbocycles. The second kappa shape index (κ2) is 6.74. The molecule has 0 amide bonds. The molecule has 0 bridgehead atoms. The van der Waals surface area contributed by atoms with Gasteiger partial charge in [0, 0.05) is 24.6 Å². The highest BCUT2D eigenvalue weighted by molar-refractivity contribution is 6.33. The van der Waals surface area contributed by atoms with Crippen molar-refractivity contribution < 1.29 is 9.90 Å². The van der Waals surface area contributed by atoms with Gasteiger partial charge in [0.15, 0.2) is 5.78 Å². The van der Waals surface area contributed by atoms with E-state index >= 15 is 0 Å². The summed E-state index contributed by atoms with van der Waals surface area (Å²) in [4.78, 5) is 13.9. The number of likely N-dealkylation sites (N-methyl/N-ethyl adjacent to an activating group) is 1. The molecule has 1 aromatic carbocycles. The Labute approximate surface area is 107 Å². The van der Waals surface area contributed by atoms with Crippen molar-refractivity contribution in [3.05, 3.63) is 34.9 Å². The molecule has 1 rings (SSSR count). The van der Waals surface area contributed by atoms with Gasteiger partial charge in [-0.2, -0.15) is 0 Å². The average molecular weight is 256 g/mol. The van der Waals surface area contributed by atoms with Gasteiger partial charge in [-0.15, -0.1) is 0 Å². The highest BCUT2D eigenvalue weighted by Crippen LogP contribution is 2.16. The van der Waals surface area contributed by atoms with E-state index in [0.717, 1.165) is 0 Å². The molecule has 1 atom stereocenters. The maximum absolute atomic E-state index is 11.9. The number of carbonyl (C=O) groups is 1. The first-order valence-corrected chi connectivity index (χ1v) is 6.03. The summed E-state index contributed by atoms with van der Waals surface area (Å²) >= 11 is 5.95. The molecule has 0 spiro atoms. The van der Waals surface area contributed by atoms with Crippen molar-refractivity contribution in [1.82, 2.24) is 4.90 Å². The predicted molar refractivity (Wildman–Crippen MR) is 69.6 cm³/mol. The summed E-state index contributed by atoms with van der Waals surface area (Å²) in [7, 11) is 1.89. The van der Waals surface area contributed by atoms with E-state index in [-0.39, 0.29) is 18.4 Å². The zero-order chi connectivity index (χ0) is 12.8. The molecule has 3 nitrogen and oxygen atoms in total. The number of halogens is 1. The van der Waals surface area contributed by atoms with E-state index in [0.29, 0.717) is 23.6 Å². The maximum atomic E-state index is 11.9. The van der Waals surface area contributed by atoms with Crippen molar-refractivity contribution in [2.75, 3.05) is 20.2 Å². The van der Waals surface area contributed by atoms with E-state index in [1.807, 2.05) is 18.9 Å². The lowest BCUT2D eigenvalue weighted by Gasteiger charge is -2.22. The third-order valence-corrected chi connectivity index (χ3v) is 3.21. The van der Waals surface area contributed by atoms with Crippen molar-refractivity contribution in [2.24, 2.45) is 0 Å². The number of hydrogen-bond donors (Lipinski definition) is 1. The highest BCUT2D eigenvalue weighted by Gasteiger charge is 2.13. The van der Waals surface area contributed by atoms with Crippen LogP contribution in [0.4, 0.5) is 0 Å². The van der Waals surface area contributed by atoms with Crippen LogP contribution in [0, 0.1) is 0 Å². The zero-order valence-corrected chi connectivity index (χ0v) is 10.9. The van der Waals surface area contributed by atoms with E-state index in [4.69, 9.17) is 16.7 Å². The van der Waals surface area contributed by atoms with Gasteiger partial charge in [0.05, 0.1) is 11.6 Å². The van der Waals surface area contributed by atoms with Crippen molar-refractivity contribution in [1.29, 1.82) is 0 Å². The minimum Gasteiger partial charge on any atom is -0.395 e. The Morgan fingerprint density at radius 2 is 2.12 bits per heavy atom. The van der Waals surface area contributed by atoms with Crippen LogP contribution in [0.3, 0.4) is 0 Å². The van der Waals surface area contributed by atoms with E-state index in [1.54, 1.807) is 24.3 Å². The minimum absolute atomic E-state index is 0.0348. The highest BCUT2D eigenvalue weighted by atomic mass is 35.5. The summed E-state index contributed by atoms with van der Waals surface area (Å²) in [5.41, 5.74) is 0.569. The average Bonchev–Trinajstić information content (AvgIpc) is 2.35. The molecule has 1 unspecified atom stereocenters. The summed E-state index contributed by atoms with van der Waals surface area (Å²) in [6, 6.07) is 7.13. The quantitative estimate of drug-likeness (QED) is 0.793. The number of Topliss-reactive ketones (excluding diaryl/α,β-unsaturated/α-hetero) is 1. The number of benzene rings is 1. The van der Waals surface area contributed by atoms with Crippen molar-refractivity contribution in [3.8, 4) is 0 Å². The minimum atomic E-state index is 0.0348. The lowest BCUT2D eigenvalue weighted by atomic mass is 10.1. The normalized spacial score (nSPS) is 12.8. The molecule has 0 aliphatic rings. The van der Waals surface area contributed by atoms with Crippen LogP contribution >= 0.6 is 11.6 Å². The van der Waals surface area contributed by atoms with Gasteiger partial charge in [-0.1, -0.05) is 23.7 Å². The molecular formula is C13H18ClNO2. The van der Waals surface area contributed by atoms with Gasteiger partial charge < -0.3 is 10.0 Å². The lowest BCUT2D eigenvalue weighted by molar-refractivity contribution is 0.0947. The number of aliphatic hydroxyl groups is 1. The van der Waals surface area contributed by atoms with E-state index in [9.17, 15) is 4.79 Å². The fraction of sp³-hybridized carbons (Fsp3) is 0.462. The molecule has 0 aliphatic carbocycles. The molecule has 0 fully saturated rings. The van der Waals surface area contributed by atoms with Crippen LogP contribution in [0.2, 0.25) is 5.02 Å². The fourth-order valence-electron chi connectivity index (χ4n) is 1.46. The van der Waals surface area contributed by atoms with Crippen LogP contribution in [0.5, 0.6) is 0 Å². The van der Waals surface area contributed by atoms with Gasteiger partial charge in [-0.25, -0.2) is 0 Å². The van der Waals surface area contributed by atoms with Crippen LogP contribution in [-0.2, 0) is 0 Å². The fourth-order valence-corrected chi connectivity index (χ4v) is 1.70. The van der Waals surface area contributed by atoms with E-state index in [1.165, 1.54) is 0 Å². The number of aliphatic hydroxyl groups excluding tert-OH is 1. The van der Waals surface area contributed by atoms with E-state index < -0.39 is 0 Å². The third-order valence-electron chi connectivity index (χ3n) is 2.88. The summed E-state index contributed by atoms with van der Waals surface area (Å²) in [5.74, 6) is 0.0348. The van der Waals surface area contributed by atoms with Crippen molar-refractivity contribution in [2.45, 2.75) is 19.4 Å².